The second-order valence-corrected chi connectivity index (χ2v) is 5.19. The van der Waals surface area contributed by atoms with Crippen LogP contribution in [0.4, 0.5) is 5.69 Å². The molecule has 20 heavy (non-hydrogen) atoms. The van der Waals surface area contributed by atoms with E-state index in [1.807, 2.05) is 31.1 Å². The minimum Gasteiger partial charge on any atom is -0.325 e. The Balaban J connectivity index is 2.34. The van der Waals surface area contributed by atoms with Crippen molar-refractivity contribution in [2.45, 2.75) is 26.2 Å². The minimum atomic E-state index is 0.0419. The van der Waals surface area contributed by atoms with Crippen molar-refractivity contribution in [1.29, 1.82) is 0 Å². The minimum absolute atomic E-state index is 0.0419. The molecule has 0 bridgehead atoms. The Hall–Kier alpha value is -1.39. The Labute approximate surface area is 122 Å². The third-order valence-corrected chi connectivity index (χ3v) is 3.16. The van der Waals surface area contributed by atoms with Gasteiger partial charge in [-0.3, -0.25) is 9.69 Å². The molecule has 0 aliphatic carbocycles. The maximum atomic E-state index is 11.9. The highest BCUT2D eigenvalue weighted by molar-refractivity contribution is 5.92. The van der Waals surface area contributed by atoms with E-state index in [1.54, 1.807) is 0 Å². The number of carbonyl (C=O) groups excluding carboxylic acids is 1. The Kier molecular flexibility index (Phi) is 7.92. The zero-order valence-corrected chi connectivity index (χ0v) is 12.9. The normalized spacial score (nSPS) is 10.8. The first kappa shape index (κ1) is 16.7. The lowest BCUT2D eigenvalue weighted by Crippen LogP contribution is -2.31. The van der Waals surface area contributed by atoms with E-state index < -0.39 is 0 Å². The second kappa shape index (κ2) is 9.50. The number of rotatable bonds is 9. The van der Waals surface area contributed by atoms with Crippen LogP contribution in [0.1, 0.15) is 25.3 Å². The number of anilines is 1. The zero-order valence-electron chi connectivity index (χ0n) is 12.9. The van der Waals surface area contributed by atoms with Gasteiger partial charge in [-0.05, 0) is 57.7 Å². The third kappa shape index (κ3) is 6.68. The van der Waals surface area contributed by atoms with Crippen molar-refractivity contribution >= 4 is 11.6 Å². The number of carbonyl (C=O) groups is 1. The number of likely N-dealkylation sites (N-methyl/N-ethyl adjacent to an activating group) is 1. The largest absolute Gasteiger partial charge is 0.325 e. The fourth-order valence-electron chi connectivity index (χ4n) is 2.09. The van der Waals surface area contributed by atoms with E-state index in [0.717, 1.165) is 38.0 Å². The highest BCUT2D eigenvalue weighted by atomic mass is 16.2. The second-order valence-electron chi connectivity index (χ2n) is 5.19. The lowest BCUT2D eigenvalue weighted by atomic mass is 10.1. The van der Waals surface area contributed by atoms with Gasteiger partial charge in [-0.25, -0.2) is 0 Å². The van der Waals surface area contributed by atoms with Crippen molar-refractivity contribution in [1.82, 2.24) is 10.2 Å². The predicted molar refractivity (Wildman–Crippen MR) is 85.1 cm³/mol. The van der Waals surface area contributed by atoms with Crippen LogP contribution >= 0.6 is 0 Å². The van der Waals surface area contributed by atoms with Crippen LogP contribution in [0.5, 0.6) is 0 Å². The van der Waals surface area contributed by atoms with Crippen LogP contribution in [0.3, 0.4) is 0 Å². The van der Waals surface area contributed by atoms with Gasteiger partial charge in [0.1, 0.15) is 0 Å². The number of nitrogens with one attached hydrogen (secondary N) is 2. The molecule has 1 aromatic rings. The number of aryl methyl sites for hydroxylation is 1. The maximum absolute atomic E-state index is 11.9. The molecule has 0 heterocycles. The van der Waals surface area contributed by atoms with Gasteiger partial charge in [0.2, 0.25) is 5.91 Å². The lowest BCUT2D eigenvalue weighted by Gasteiger charge is -2.16. The summed E-state index contributed by atoms with van der Waals surface area (Å²) in [5, 5.41) is 6.04. The van der Waals surface area contributed by atoms with Gasteiger partial charge in [0.15, 0.2) is 0 Å². The van der Waals surface area contributed by atoms with Crippen LogP contribution in [0.2, 0.25) is 0 Å². The first-order chi connectivity index (χ1) is 9.65. The molecule has 4 nitrogen and oxygen atoms in total. The molecule has 0 atom stereocenters. The molecule has 0 fully saturated rings. The van der Waals surface area contributed by atoms with Gasteiger partial charge in [-0.15, -0.1) is 0 Å². The Morgan fingerprint density at radius 3 is 2.55 bits per heavy atom. The SMILES string of the molecule is CCCc1ccc(NC(=O)CN(C)CCCNC)cc1. The molecule has 0 spiro atoms. The molecule has 1 rings (SSSR count). The molecule has 0 radical (unpaired) electrons. The van der Waals surface area contributed by atoms with Crippen LogP contribution in [0.25, 0.3) is 0 Å². The summed E-state index contributed by atoms with van der Waals surface area (Å²) in [4.78, 5) is 13.9. The molecule has 1 amide bonds. The van der Waals surface area contributed by atoms with Crippen molar-refractivity contribution < 1.29 is 4.79 Å². The smallest absolute Gasteiger partial charge is 0.238 e. The summed E-state index contributed by atoms with van der Waals surface area (Å²) in [5.74, 6) is 0.0419. The number of nitrogens with zero attached hydrogens (tertiary/aromatic N) is 1. The van der Waals surface area contributed by atoms with Crippen molar-refractivity contribution in [2.75, 3.05) is 39.0 Å². The Bertz CT molecular complexity index is 389. The first-order valence-electron chi connectivity index (χ1n) is 7.37. The summed E-state index contributed by atoms with van der Waals surface area (Å²) in [5.41, 5.74) is 2.19. The van der Waals surface area contributed by atoms with E-state index in [4.69, 9.17) is 0 Å². The summed E-state index contributed by atoms with van der Waals surface area (Å²) >= 11 is 0. The molecule has 0 unspecified atom stereocenters. The number of benzene rings is 1. The van der Waals surface area contributed by atoms with Crippen LogP contribution in [-0.2, 0) is 11.2 Å². The van der Waals surface area contributed by atoms with Crippen molar-refractivity contribution in [2.24, 2.45) is 0 Å². The Morgan fingerprint density at radius 2 is 1.95 bits per heavy atom. The van der Waals surface area contributed by atoms with Gasteiger partial charge in [0, 0.05) is 5.69 Å². The molecule has 0 saturated heterocycles. The average molecular weight is 277 g/mol. The molecule has 0 saturated carbocycles. The maximum Gasteiger partial charge on any atom is 0.238 e. The number of hydrogen-bond donors (Lipinski definition) is 2. The molecular formula is C16H27N3O. The fourth-order valence-corrected chi connectivity index (χ4v) is 2.09. The summed E-state index contributed by atoms with van der Waals surface area (Å²) in [6.07, 6.45) is 3.28. The van der Waals surface area contributed by atoms with Gasteiger partial charge in [-0.1, -0.05) is 25.5 Å². The van der Waals surface area contributed by atoms with Crippen molar-refractivity contribution in [3.05, 3.63) is 29.8 Å². The standard InChI is InChI=1S/C16H27N3O/c1-4-6-14-7-9-15(10-8-14)18-16(20)13-19(3)12-5-11-17-2/h7-10,17H,4-6,11-13H2,1-3H3,(H,18,20). The van der Waals surface area contributed by atoms with E-state index in [1.165, 1.54) is 5.56 Å². The quantitative estimate of drug-likeness (QED) is 0.680. The van der Waals surface area contributed by atoms with Gasteiger partial charge in [-0.2, -0.15) is 0 Å². The highest BCUT2D eigenvalue weighted by Crippen LogP contribution is 2.10. The monoisotopic (exact) mass is 277 g/mol. The zero-order chi connectivity index (χ0) is 14.8. The number of hydrogen-bond acceptors (Lipinski definition) is 3. The van der Waals surface area contributed by atoms with Gasteiger partial charge in [0.25, 0.3) is 0 Å². The summed E-state index contributed by atoms with van der Waals surface area (Å²) < 4.78 is 0. The van der Waals surface area contributed by atoms with Gasteiger partial charge < -0.3 is 10.6 Å². The molecule has 0 aliphatic rings. The van der Waals surface area contributed by atoms with Crippen LogP contribution < -0.4 is 10.6 Å². The van der Waals surface area contributed by atoms with E-state index >= 15 is 0 Å². The third-order valence-electron chi connectivity index (χ3n) is 3.16. The van der Waals surface area contributed by atoms with E-state index in [2.05, 4.69) is 29.7 Å². The van der Waals surface area contributed by atoms with Crippen LogP contribution in [0, 0.1) is 0 Å². The summed E-state index contributed by atoms with van der Waals surface area (Å²) in [7, 11) is 3.91. The predicted octanol–water partition coefficient (Wildman–Crippen LogP) is 2.12. The van der Waals surface area contributed by atoms with E-state index in [-0.39, 0.29) is 5.91 Å². The molecule has 2 N–H and O–H groups in total. The van der Waals surface area contributed by atoms with Crippen LogP contribution in [0.15, 0.2) is 24.3 Å². The van der Waals surface area contributed by atoms with Crippen molar-refractivity contribution in [3.8, 4) is 0 Å². The fraction of sp³-hybridized carbons (Fsp3) is 0.562. The lowest BCUT2D eigenvalue weighted by molar-refractivity contribution is -0.117. The molecule has 0 aliphatic heterocycles. The molecular weight excluding hydrogens is 250 g/mol. The first-order valence-corrected chi connectivity index (χ1v) is 7.37. The summed E-state index contributed by atoms with van der Waals surface area (Å²) in [6.45, 7) is 4.49. The topological polar surface area (TPSA) is 44.4 Å². The van der Waals surface area contributed by atoms with Gasteiger partial charge >= 0.3 is 0 Å². The average Bonchev–Trinajstić information content (AvgIpc) is 2.41. The highest BCUT2D eigenvalue weighted by Gasteiger charge is 2.06. The van der Waals surface area contributed by atoms with Crippen molar-refractivity contribution in [3.63, 3.8) is 0 Å². The van der Waals surface area contributed by atoms with E-state index in [9.17, 15) is 4.79 Å². The molecule has 112 valence electrons. The molecule has 0 aromatic heterocycles. The van der Waals surface area contributed by atoms with Crippen LogP contribution in [-0.4, -0.2) is 44.5 Å². The summed E-state index contributed by atoms with van der Waals surface area (Å²) in [6, 6.07) is 8.11. The Morgan fingerprint density at radius 1 is 1.25 bits per heavy atom. The van der Waals surface area contributed by atoms with Gasteiger partial charge in [0.05, 0.1) is 6.54 Å². The van der Waals surface area contributed by atoms with E-state index in [0.29, 0.717) is 6.54 Å². The molecule has 1 aromatic carbocycles. The molecule has 4 heteroatoms. The number of amides is 1.